The van der Waals surface area contributed by atoms with Gasteiger partial charge in [-0.1, -0.05) is 24.3 Å². The van der Waals surface area contributed by atoms with Crippen LogP contribution >= 0.6 is 0 Å². The summed E-state index contributed by atoms with van der Waals surface area (Å²) in [6, 6.07) is 15.1. The summed E-state index contributed by atoms with van der Waals surface area (Å²) in [5, 5.41) is 16.3. The fourth-order valence-electron chi connectivity index (χ4n) is 3.24. The minimum absolute atomic E-state index is 0.146. The van der Waals surface area contributed by atoms with Gasteiger partial charge in [0.25, 0.3) is 5.91 Å². The Morgan fingerprint density at radius 1 is 1.00 bits per heavy atom. The maximum Gasteiger partial charge on any atom is 0.253 e. The molecule has 1 fully saturated rings. The average Bonchev–Trinajstić information content (AvgIpc) is 2.69. The molecule has 0 atom stereocenters. The summed E-state index contributed by atoms with van der Waals surface area (Å²) < 4.78 is 0. The lowest BCUT2D eigenvalue weighted by Gasteiger charge is -2.26. The number of amides is 1. The topological polar surface area (TPSA) is 64.6 Å². The van der Waals surface area contributed by atoms with Crippen LogP contribution in [0.4, 0.5) is 5.69 Å². The Morgan fingerprint density at radius 3 is 2.62 bits per heavy atom. The monoisotopic (exact) mass is 353 g/mol. The third-order valence-corrected chi connectivity index (χ3v) is 4.67. The van der Waals surface area contributed by atoms with Crippen LogP contribution in [0, 0.1) is 0 Å². The van der Waals surface area contributed by atoms with E-state index in [9.17, 15) is 9.90 Å². The van der Waals surface area contributed by atoms with E-state index in [1.165, 1.54) is 6.42 Å². The Kier molecular flexibility index (Phi) is 6.50. The number of hydrogen-bond acceptors (Lipinski definition) is 4. The summed E-state index contributed by atoms with van der Waals surface area (Å²) >= 11 is 0. The van der Waals surface area contributed by atoms with Crippen LogP contribution in [0.3, 0.4) is 0 Å². The maximum atomic E-state index is 12.6. The Balaban J connectivity index is 1.45. The van der Waals surface area contributed by atoms with Gasteiger partial charge >= 0.3 is 0 Å². The molecular weight excluding hydrogens is 326 g/mol. The van der Waals surface area contributed by atoms with Crippen LogP contribution in [-0.2, 0) is 6.54 Å². The molecule has 3 rings (SSSR count). The Labute approximate surface area is 155 Å². The van der Waals surface area contributed by atoms with Crippen LogP contribution in [0.2, 0.25) is 0 Å². The van der Waals surface area contributed by atoms with E-state index in [1.54, 1.807) is 12.1 Å². The van der Waals surface area contributed by atoms with Crippen molar-refractivity contribution in [2.45, 2.75) is 25.8 Å². The van der Waals surface area contributed by atoms with E-state index >= 15 is 0 Å². The van der Waals surface area contributed by atoms with Crippen molar-refractivity contribution >= 4 is 11.6 Å². The van der Waals surface area contributed by atoms with Crippen molar-refractivity contribution in [3.05, 3.63) is 59.7 Å². The number of phenolic OH excluding ortho intramolecular Hbond substituents is 1. The van der Waals surface area contributed by atoms with Gasteiger partial charge in [0, 0.05) is 38.3 Å². The van der Waals surface area contributed by atoms with E-state index in [4.69, 9.17) is 0 Å². The second-order valence-electron chi connectivity index (χ2n) is 6.67. The molecule has 0 aliphatic carbocycles. The molecule has 1 amide bonds. The predicted molar refractivity (Wildman–Crippen MR) is 104 cm³/mol. The van der Waals surface area contributed by atoms with E-state index in [1.807, 2.05) is 41.3 Å². The number of piperidine rings is 1. The number of phenols is 1. The van der Waals surface area contributed by atoms with E-state index in [-0.39, 0.29) is 11.7 Å². The van der Waals surface area contributed by atoms with Crippen LogP contribution in [0.5, 0.6) is 5.75 Å². The lowest BCUT2D eigenvalue weighted by Crippen LogP contribution is -2.35. The van der Waals surface area contributed by atoms with Gasteiger partial charge in [0.2, 0.25) is 0 Å². The molecule has 0 unspecified atom stereocenters. The van der Waals surface area contributed by atoms with Crippen molar-refractivity contribution in [2.24, 2.45) is 0 Å². The number of nitrogens with one attached hydrogen (secondary N) is 2. The molecule has 0 aromatic heterocycles. The number of carbonyl (C=O) groups is 1. The normalized spacial score (nSPS) is 14.2. The summed E-state index contributed by atoms with van der Waals surface area (Å²) in [6.45, 7) is 3.94. The third kappa shape index (κ3) is 4.99. The number of nitrogens with zero attached hydrogens (tertiary/aromatic N) is 1. The highest BCUT2D eigenvalue weighted by Gasteiger charge is 2.18. The van der Waals surface area contributed by atoms with Crippen LogP contribution in [0.15, 0.2) is 48.5 Å². The summed E-state index contributed by atoms with van der Waals surface area (Å²) in [5.41, 5.74) is 2.62. The minimum Gasteiger partial charge on any atom is -0.506 e. The van der Waals surface area contributed by atoms with Gasteiger partial charge in [-0.2, -0.15) is 0 Å². The fourth-order valence-corrected chi connectivity index (χ4v) is 3.24. The molecule has 1 saturated heterocycles. The molecule has 1 aliphatic heterocycles. The van der Waals surface area contributed by atoms with Crippen LogP contribution in [-0.4, -0.2) is 42.1 Å². The van der Waals surface area contributed by atoms with Crippen molar-refractivity contribution in [1.29, 1.82) is 0 Å². The van der Waals surface area contributed by atoms with Crippen molar-refractivity contribution in [2.75, 3.05) is 31.5 Å². The first kappa shape index (κ1) is 18.3. The Morgan fingerprint density at radius 2 is 1.81 bits per heavy atom. The average molecular weight is 353 g/mol. The van der Waals surface area contributed by atoms with E-state index < -0.39 is 0 Å². The van der Waals surface area contributed by atoms with Gasteiger partial charge in [0.1, 0.15) is 5.75 Å². The summed E-state index contributed by atoms with van der Waals surface area (Å²) in [7, 11) is 0. The first-order valence-electron chi connectivity index (χ1n) is 9.35. The van der Waals surface area contributed by atoms with E-state index in [0.717, 1.165) is 49.3 Å². The first-order chi connectivity index (χ1) is 12.7. The van der Waals surface area contributed by atoms with Crippen molar-refractivity contribution in [3.63, 3.8) is 0 Å². The van der Waals surface area contributed by atoms with Crippen LogP contribution < -0.4 is 10.6 Å². The van der Waals surface area contributed by atoms with Crippen molar-refractivity contribution in [1.82, 2.24) is 10.2 Å². The zero-order chi connectivity index (χ0) is 18.2. The van der Waals surface area contributed by atoms with E-state index in [0.29, 0.717) is 13.1 Å². The number of benzene rings is 2. The Bertz CT molecular complexity index is 727. The molecule has 0 spiro atoms. The van der Waals surface area contributed by atoms with Gasteiger partial charge in [0.15, 0.2) is 0 Å². The van der Waals surface area contributed by atoms with Crippen molar-refractivity contribution < 1.29 is 9.90 Å². The molecule has 2 aromatic rings. The number of carbonyl (C=O) groups excluding carboxylic acids is 1. The van der Waals surface area contributed by atoms with Gasteiger partial charge < -0.3 is 20.6 Å². The lowest BCUT2D eigenvalue weighted by molar-refractivity contribution is 0.0724. The van der Waals surface area contributed by atoms with Gasteiger partial charge in [0.05, 0.1) is 5.69 Å². The molecule has 0 radical (unpaired) electrons. The maximum absolute atomic E-state index is 12.6. The zero-order valence-electron chi connectivity index (χ0n) is 15.1. The van der Waals surface area contributed by atoms with Gasteiger partial charge in [-0.3, -0.25) is 4.79 Å². The highest BCUT2D eigenvalue weighted by Crippen LogP contribution is 2.20. The SMILES string of the molecule is O=C(c1cccc(CNCCNc2ccccc2O)c1)N1CCCCC1. The molecule has 0 bridgehead atoms. The smallest absolute Gasteiger partial charge is 0.253 e. The number of aromatic hydroxyl groups is 1. The zero-order valence-corrected chi connectivity index (χ0v) is 15.1. The molecule has 2 aromatic carbocycles. The largest absolute Gasteiger partial charge is 0.506 e. The molecule has 26 heavy (non-hydrogen) atoms. The van der Waals surface area contributed by atoms with Crippen LogP contribution in [0.25, 0.3) is 0 Å². The molecular formula is C21H27N3O2. The molecule has 3 N–H and O–H groups in total. The first-order valence-corrected chi connectivity index (χ1v) is 9.35. The van der Waals surface area contributed by atoms with Gasteiger partial charge in [-0.15, -0.1) is 0 Å². The molecule has 0 saturated carbocycles. The van der Waals surface area contributed by atoms with Crippen molar-refractivity contribution in [3.8, 4) is 5.75 Å². The highest BCUT2D eigenvalue weighted by atomic mass is 16.3. The van der Waals surface area contributed by atoms with Gasteiger partial charge in [-0.05, 0) is 49.1 Å². The molecule has 1 aliphatic rings. The molecule has 5 heteroatoms. The summed E-state index contributed by atoms with van der Waals surface area (Å²) in [6.07, 6.45) is 3.44. The quantitative estimate of drug-likeness (QED) is 0.528. The number of anilines is 1. The van der Waals surface area contributed by atoms with Gasteiger partial charge in [-0.25, -0.2) is 0 Å². The predicted octanol–water partition coefficient (Wildman–Crippen LogP) is 3.22. The molecule has 138 valence electrons. The molecule has 5 nitrogen and oxygen atoms in total. The summed E-state index contributed by atoms with van der Waals surface area (Å²) in [4.78, 5) is 14.6. The second-order valence-corrected chi connectivity index (χ2v) is 6.67. The Hall–Kier alpha value is -2.53. The number of rotatable bonds is 7. The second kappa shape index (κ2) is 9.25. The lowest BCUT2D eigenvalue weighted by atomic mass is 10.1. The minimum atomic E-state index is 0.146. The van der Waals surface area contributed by atoms with Crippen LogP contribution in [0.1, 0.15) is 35.2 Å². The summed E-state index contributed by atoms with van der Waals surface area (Å²) in [5.74, 6) is 0.407. The number of hydrogen-bond donors (Lipinski definition) is 3. The third-order valence-electron chi connectivity index (χ3n) is 4.67. The fraction of sp³-hybridized carbons (Fsp3) is 0.381. The highest BCUT2D eigenvalue weighted by molar-refractivity contribution is 5.94. The van der Waals surface area contributed by atoms with E-state index in [2.05, 4.69) is 10.6 Å². The number of para-hydroxylation sites is 2. The molecule has 1 heterocycles. The number of likely N-dealkylation sites (tertiary alicyclic amines) is 1. The standard InChI is InChI=1S/C21H27N3O2/c25-20-10-3-2-9-19(20)23-12-11-22-16-17-7-6-8-18(15-17)21(26)24-13-4-1-5-14-24/h2-3,6-10,15,22-23,25H,1,4-5,11-14,16H2.